The predicted molar refractivity (Wildman–Crippen MR) is 99.1 cm³/mol. The van der Waals surface area contributed by atoms with Crippen molar-refractivity contribution in [2.75, 3.05) is 46.8 Å². The number of likely N-dealkylation sites (tertiary alicyclic amines) is 2. The number of piperidine rings is 2. The first-order chi connectivity index (χ1) is 10.8. The lowest BCUT2D eigenvalue weighted by molar-refractivity contribution is 0.0172. The zero-order chi connectivity index (χ0) is 16.9. The van der Waals surface area contributed by atoms with Crippen molar-refractivity contribution in [3.8, 4) is 0 Å². The standard InChI is InChI=1S/C18H37N5/c1-17(2,3)21-16(19-4)20-15-18(9-13-22(5)14-10-18)23-11-7-6-8-12-23/h6-15H2,1-5H3,(H2,19,20,21). The summed E-state index contributed by atoms with van der Waals surface area (Å²) in [5.41, 5.74) is 0.329. The maximum Gasteiger partial charge on any atom is 0.191 e. The van der Waals surface area contributed by atoms with Gasteiger partial charge < -0.3 is 15.5 Å². The van der Waals surface area contributed by atoms with E-state index in [-0.39, 0.29) is 5.54 Å². The lowest BCUT2D eigenvalue weighted by atomic mass is 9.84. The normalized spacial score (nSPS) is 24.5. The topological polar surface area (TPSA) is 42.9 Å². The van der Waals surface area contributed by atoms with E-state index in [1.165, 1.54) is 58.3 Å². The summed E-state index contributed by atoms with van der Waals surface area (Å²) in [4.78, 5) is 9.64. The van der Waals surface area contributed by atoms with Gasteiger partial charge in [0, 0.05) is 24.7 Å². The molecule has 0 saturated carbocycles. The maximum absolute atomic E-state index is 4.41. The van der Waals surface area contributed by atoms with Gasteiger partial charge in [-0.3, -0.25) is 9.89 Å². The van der Waals surface area contributed by atoms with Crippen LogP contribution in [-0.2, 0) is 0 Å². The summed E-state index contributed by atoms with van der Waals surface area (Å²) in [6, 6.07) is 0. The van der Waals surface area contributed by atoms with Gasteiger partial charge >= 0.3 is 0 Å². The van der Waals surface area contributed by atoms with Crippen LogP contribution in [0, 0.1) is 0 Å². The van der Waals surface area contributed by atoms with Crippen molar-refractivity contribution in [2.45, 2.75) is 64.0 Å². The number of nitrogens with one attached hydrogen (secondary N) is 2. The Morgan fingerprint density at radius 3 is 2.17 bits per heavy atom. The second-order valence-corrected chi connectivity index (χ2v) is 8.38. The van der Waals surface area contributed by atoms with Crippen LogP contribution in [0.25, 0.3) is 0 Å². The molecule has 0 radical (unpaired) electrons. The van der Waals surface area contributed by atoms with Crippen molar-refractivity contribution in [3.63, 3.8) is 0 Å². The molecule has 2 N–H and O–H groups in total. The van der Waals surface area contributed by atoms with Gasteiger partial charge in [-0.05, 0) is 79.7 Å². The summed E-state index contributed by atoms with van der Waals surface area (Å²) in [5, 5.41) is 7.11. The van der Waals surface area contributed by atoms with E-state index in [0.717, 1.165) is 12.5 Å². The number of rotatable bonds is 3. The molecule has 2 rings (SSSR count). The van der Waals surface area contributed by atoms with Crippen molar-refractivity contribution in [3.05, 3.63) is 0 Å². The van der Waals surface area contributed by atoms with E-state index in [1.54, 1.807) is 0 Å². The highest BCUT2D eigenvalue weighted by molar-refractivity contribution is 5.80. The van der Waals surface area contributed by atoms with Gasteiger partial charge in [0.2, 0.25) is 0 Å². The van der Waals surface area contributed by atoms with Crippen molar-refractivity contribution >= 4 is 5.96 Å². The van der Waals surface area contributed by atoms with E-state index in [2.05, 4.69) is 53.2 Å². The van der Waals surface area contributed by atoms with Crippen LogP contribution in [0.15, 0.2) is 4.99 Å². The van der Waals surface area contributed by atoms with E-state index in [4.69, 9.17) is 0 Å². The summed E-state index contributed by atoms with van der Waals surface area (Å²) < 4.78 is 0. The molecule has 23 heavy (non-hydrogen) atoms. The molecule has 0 aromatic rings. The zero-order valence-electron chi connectivity index (χ0n) is 15.9. The smallest absolute Gasteiger partial charge is 0.191 e. The number of guanidine groups is 1. The van der Waals surface area contributed by atoms with Crippen LogP contribution in [0.5, 0.6) is 0 Å². The van der Waals surface area contributed by atoms with Crippen molar-refractivity contribution in [1.82, 2.24) is 20.4 Å². The molecule has 2 aliphatic rings. The Kier molecular flexibility index (Phi) is 6.32. The summed E-state index contributed by atoms with van der Waals surface area (Å²) >= 11 is 0. The predicted octanol–water partition coefficient (Wildman–Crippen LogP) is 1.90. The molecule has 0 atom stereocenters. The Balaban J connectivity index is 2.02. The molecule has 2 fully saturated rings. The van der Waals surface area contributed by atoms with E-state index < -0.39 is 0 Å². The van der Waals surface area contributed by atoms with Gasteiger partial charge in [0.25, 0.3) is 0 Å². The zero-order valence-corrected chi connectivity index (χ0v) is 15.9. The molecular weight excluding hydrogens is 286 g/mol. The molecule has 5 nitrogen and oxygen atoms in total. The average Bonchev–Trinajstić information content (AvgIpc) is 2.53. The third kappa shape index (κ3) is 5.35. The SMILES string of the molecule is CN=C(NCC1(N2CCCCC2)CCN(C)CC1)NC(C)(C)C. The molecular formula is C18H37N5. The second-order valence-electron chi connectivity index (χ2n) is 8.38. The Hall–Kier alpha value is -0.810. The minimum Gasteiger partial charge on any atom is -0.355 e. The molecule has 0 aromatic heterocycles. The third-order valence-electron chi connectivity index (χ3n) is 5.25. The van der Waals surface area contributed by atoms with Crippen LogP contribution < -0.4 is 10.6 Å². The highest BCUT2D eigenvalue weighted by Gasteiger charge is 2.39. The lowest BCUT2D eigenvalue weighted by Crippen LogP contribution is -2.62. The largest absolute Gasteiger partial charge is 0.355 e. The first-order valence-electron chi connectivity index (χ1n) is 9.27. The maximum atomic E-state index is 4.41. The van der Waals surface area contributed by atoms with Crippen molar-refractivity contribution in [2.24, 2.45) is 4.99 Å². The van der Waals surface area contributed by atoms with Crippen LogP contribution in [0.1, 0.15) is 52.9 Å². The molecule has 0 aliphatic carbocycles. The van der Waals surface area contributed by atoms with E-state index in [9.17, 15) is 0 Å². The minimum atomic E-state index is 0.0346. The van der Waals surface area contributed by atoms with Crippen LogP contribution in [-0.4, -0.2) is 73.7 Å². The first kappa shape index (κ1) is 18.5. The van der Waals surface area contributed by atoms with Crippen LogP contribution >= 0.6 is 0 Å². The second kappa shape index (κ2) is 7.84. The number of hydrogen-bond donors (Lipinski definition) is 2. The van der Waals surface area contributed by atoms with E-state index in [0.29, 0.717) is 5.54 Å². The molecule has 134 valence electrons. The minimum absolute atomic E-state index is 0.0346. The molecule has 0 unspecified atom stereocenters. The molecule has 5 heteroatoms. The summed E-state index contributed by atoms with van der Waals surface area (Å²) in [6.07, 6.45) is 6.61. The van der Waals surface area contributed by atoms with Gasteiger partial charge in [0.1, 0.15) is 0 Å². The molecule has 0 bridgehead atoms. The van der Waals surface area contributed by atoms with Crippen LogP contribution in [0.2, 0.25) is 0 Å². The Bertz CT molecular complexity index is 385. The van der Waals surface area contributed by atoms with Gasteiger partial charge in [-0.15, -0.1) is 0 Å². The van der Waals surface area contributed by atoms with Gasteiger partial charge in [-0.1, -0.05) is 6.42 Å². The summed E-state index contributed by atoms with van der Waals surface area (Å²) in [7, 11) is 4.11. The lowest BCUT2D eigenvalue weighted by Gasteiger charge is -2.50. The number of hydrogen-bond acceptors (Lipinski definition) is 3. The molecule has 2 saturated heterocycles. The monoisotopic (exact) mass is 323 g/mol. The van der Waals surface area contributed by atoms with E-state index in [1.807, 2.05) is 7.05 Å². The van der Waals surface area contributed by atoms with E-state index >= 15 is 0 Å². The van der Waals surface area contributed by atoms with Crippen molar-refractivity contribution in [1.29, 1.82) is 0 Å². The summed E-state index contributed by atoms with van der Waals surface area (Å²) in [6.45, 7) is 12.4. The van der Waals surface area contributed by atoms with Crippen molar-refractivity contribution < 1.29 is 0 Å². The van der Waals surface area contributed by atoms with Gasteiger partial charge in [-0.25, -0.2) is 0 Å². The van der Waals surface area contributed by atoms with Gasteiger partial charge in [0.15, 0.2) is 5.96 Å². The number of aliphatic imine (C=N–C) groups is 1. The Morgan fingerprint density at radius 1 is 1.04 bits per heavy atom. The van der Waals surface area contributed by atoms with Crippen LogP contribution in [0.3, 0.4) is 0 Å². The van der Waals surface area contributed by atoms with Gasteiger partial charge in [0.05, 0.1) is 0 Å². The first-order valence-corrected chi connectivity index (χ1v) is 9.27. The third-order valence-corrected chi connectivity index (χ3v) is 5.25. The fourth-order valence-electron chi connectivity index (χ4n) is 3.79. The average molecular weight is 324 g/mol. The number of nitrogens with zero attached hydrogens (tertiary/aromatic N) is 3. The Labute approximate surface area is 142 Å². The van der Waals surface area contributed by atoms with Gasteiger partial charge in [-0.2, -0.15) is 0 Å². The molecule has 2 aliphatic heterocycles. The quantitative estimate of drug-likeness (QED) is 0.615. The molecule has 0 amide bonds. The fourth-order valence-corrected chi connectivity index (χ4v) is 3.79. The molecule has 0 aromatic carbocycles. The highest BCUT2D eigenvalue weighted by Crippen LogP contribution is 2.30. The highest BCUT2D eigenvalue weighted by atomic mass is 15.3. The fraction of sp³-hybridized carbons (Fsp3) is 0.944. The Morgan fingerprint density at radius 2 is 1.65 bits per heavy atom. The molecule has 0 spiro atoms. The molecule has 2 heterocycles. The summed E-state index contributed by atoms with van der Waals surface area (Å²) in [5.74, 6) is 0.924. The van der Waals surface area contributed by atoms with Crippen LogP contribution in [0.4, 0.5) is 0 Å².